The molecule has 4 bridgehead atoms. The fourth-order valence-corrected chi connectivity index (χ4v) is 8.89. The smallest absolute Gasteiger partial charge is 0.407 e. The highest BCUT2D eigenvalue weighted by molar-refractivity contribution is 7.91. The van der Waals surface area contributed by atoms with Crippen molar-refractivity contribution in [1.82, 2.24) is 25.2 Å². The van der Waals surface area contributed by atoms with Crippen LogP contribution in [0.15, 0.2) is 67.3 Å². The standard InChI is InChI=1S/C42H49N5O9S/c1-6-27-23-42(27,39(50)46-57(52,53)29-16-17-29)45-37(48)33-20-28-24-47(33)38(49)36(41(2,3)4)44-40(51)55-18-12-8-11-15-26-19-30-32(22-34(26)54-5)43-31(21-35(30)56-28)25-13-9-7-10-14-25/h6-7,9-11,13-15,19,21-22,27-29,33,36H,1,8,12,16-18,20,23-24H2,2-5H3,(H,44,51)(H,45,48)(H,46,50)/b15-11-/t27-,28-,33+,36-,42-/m1/s1. The Hall–Kier alpha value is -5.44. The van der Waals surface area contributed by atoms with Crippen LogP contribution < -0.4 is 24.8 Å². The van der Waals surface area contributed by atoms with Crippen LogP contribution in [0.3, 0.4) is 0 Å². The zero-order chi connectivity index (χ0) is 40.7. The van der Waals surface area contributed by atoms with Crippen LogP contribution in [0.2, 0.25) is 0 Å². The fraction of sp³-hybridized carbons (Fsp3) is 0.452. The van der Waals surface area contributed by atoms with Crippen molar-refractivity contribution in [3.8, 4) is 22.8 Å². The number of hydrogen-bond donors (Lipinski definition) is 3. The van der Waals surface area contributed by atoms with Crippen molar-refractivity contribution < 1.29 is 41.8 Å². The normalized spacial score (nSPS) is 25.9. The Morgan fingerprint density at radius 1 is 1.12 bits per heavy atom. The van der Waals surface area contributed by atoms with E-state index in [1.165, 1.54) is 11.0 Å². The van der Waals surface area contributed by atoms with Crippen molar-refractivity contribution in [1.29, 1.82) is 0 Å². The summed E-state index contributed by atoms with van der Waals surface area (Å²) < 4.78 is 45.8. The van der Waals surface area contributed by atoms with Gasteiger partial charge in [-0.3, -0.25) is 19.1 Å². The van der Waals surface area contributed by atoms with Gasteiger partial charge in [-0.1, -0.05) is 69.3 Å². The van der Waals surface area contributed by atoms with Gasteiger partial charge in [0.15, 0.2) is 0 Å². The number of fused-ring (bicyclic) bond motifs is 3. The van der Waals surface area contributed by atoms with Crippen molar-refractivity contribution in [3.63, 3.8) is 0 Å². The molecule has 1 aromatic heterocycles. The van der Waals surface area contributed by atoms with Gasteiger partial charge in [-0.15, -0.1) is 6.58 Å². The summed E-state index contributed by atoms with van der Waals surface area (Å²) in [4.78, 5) is 62.2. The highest BCUT2D eigenvalue weighted by Gasteiger charge is 2.62. The molecule has 2 saturated carbocycles. The summed E-state index contributed by atoms with van der Waals surface area (Å²) in [5.74, 6) is -1.52. The minimum Gasteiger partial charge on any atom is -0.496 e. The molecule has 14 nitrogen and oxygen atoms in total. The van der Waals surface area contributed by atoms with E-state index >= 15 is 0 Å². The van der Waals surface area contributed by atoms with Crippen molar-refractivity contribution in [2.24, 2.45) is 11.3 Å². The number of carbonyl (C=O) groups is 4. The van der Waals surface area contributed by atoms with Crippen LogP contribution in [0.1, 0.15) is 64.9 Å². The SMILES string of the molecule is C=C[C@@H]1C[C@]1(NC(=O)[C@@H]1C[C@@H]2CN1C(=O)[C@H](C(C)(C)C)NC(=O)OCCC/C=C\c1cc3c(cc(-c4ccccc4)nc3cc1OC)O2)C(=O)NS(=O)(=O)C1CC1. The Labute approximate surface area is 332 Å². The Morgan fingerprint density at radius 2 is 1.88 bits per heavy atom. The zero-order valence-electron chi connectivity index (χ0n) is 32.6. The molecule has 0 radical (unpaired) electrons. The first-order valence-electron chi connectivity index (χ1n) is 19.3. The first-order chi connectivity index (χ1) is 27.1. The number of alkyl carbamates (subject to hydrolysis) is 1. The van der Waals surface area contributed by atoms with Crippen molar-refractivity contribution in [2.45, 2.75) is 88.3 Å². The number of rotatable bonds is 8. The number of aromatic nitrogens is 1. The number of nitrogens with zero attached hydrogens (tertiary/aromatic N) is 2. The lowest BCUT2D eigenvalue weighted by atomic mass is 9.85. The van der Waals surface area contributed by atoms with Crippen LogP contribution in [-0.4, -0.2) is 91.4 Å². The minimum atomic E-state index is -3.92. The van der Waals surface area contributed by atoms with Crippen molar-refractivity contribution in [3.05, 3.63) is 72.8 Å². The molecule has 5 atom stereocenters. The monoisotopic (exact) mass is 799 g/mol. The van der Waals surface area contributed by atoms with Gasteiger partial charge in [0, 0.05) is 41.0 Å². The van der Waals surface area contributed by atoms with Gasteiger partial charge in [-0.25, -0.2) is 18.2 Å². The number of hydrogen-bond acceptors (Lipinski definition) is 10. The van der Waals surface area contributed by atoms with Gasteiger partial charge in [0.1, 0.15) is 35.2 Å². The number of pyridine rings is 1. The number of amides is 4. The molecular weight excluding hydrogens is 751 g/mol. The van der Waals surface area contributed by atoms with Crippen LogP contribution in [0.25, 0.3) is 28.2 Å². The molecule has 302 valence electrons. The van der Waals surface area contributed by atoms with Gasteiger partial charge in [-0.2, -0.15) is 0 Å². The summed E-state index contributed by atoms with van der Waals surface area (Å²) in [6.07, 6.45) is 6.06. The number of ether oxygens (including phenoxy) is 3. The van der Waals surface area contributed by atoms with E-state index in [0.29, 0.717) is 53.8 Å². The van der Waals surface area contributed by atoms with Gasteiger partial charge in [0.25, 0.3) is 5.91 Å². The van der Waals surface area contributed by atoms with E-state index in [1.807, 2.05) is 60.7 Å². The van der Waals surface area contributed by atoms with Crippen molar-refractivity contribution >= 4 is 50.8 Å². The van der Waals surface area contributed by atoms with E-state index in [2.05, 4.69) is 21.9 Å². The lowest BCUT2D eigenvalue weighted by Crippen LogP contribution is -2.60. The van der Waals surface area contributed by atoms with E-state index in [0.717, 1.165) is 11.1 Å². The summed E-state index contributed by atoms with van der Waals surface area (Å²) in [6.45, 7) is 9.24. The third-order valence-corrected chi connectivity index (χ3v) is 12.8. The van der Waals surface area contributed by atoms with Gasteiger partial charge < -0.3 is 29.7 Å². The molecule has 4 aliphatic rings. The summed E-state index contributed by atoms with van der Waals surface area (Å²) in [7, 11) is -2.33. The number of methoxy groups -OCH3 is 1. The molecule has 15 heteroatoms. The average Bonchev–Trinajstić information content (AvgIpc) is 4.11. The summed E-state index contributed by atoms with van der Waals surface area (Å²) >= 11 is 0. The first kappa shape index (κ1) is 39.8. The van der Waals surface area contributed by atoms with E-state index in [1.54, 1.807) is 27.9 Å². The maximum absolute atomic E-state index is 14.7. The molecular formula is C42H49N5O9S. The predicted octanol–water partition coefficient (Wildman–Crippen LogP) is 4.88. The molecule has 7 rings (SSSR count). The minimum absolute atomic E-state index is 0.0170. The number of allylic oxidation sites excluding steroid dienone is 1. The Balaban J connectivity index is 1.29. The maximum atomic E-state index is 14.7. The van der Waals surface area contributed by atoms with E-state index < -0.39 is 74.1 Å². The van der Waals surface area contributed by atoms with Crippen LogP contribution >= 0.6 is 0 Å². The van der Waals surface area contributed by atoms with Gasteiger partial charge >= 0.3 is 6.09 Å². The number of cyclic esters (lactones) is 1. The molecule has 57 heavy (non-hydrogen) atoms. The third-order valence-electron chi connectivity index (χ3n) is 11.0. The van der Waals surface area contributed by atoms with E-state index in [9.17, 15) is 27.6 Å². The first-order valence-corrected chi connectivity index (χ1v) is 20.8. The predicted molar refractivity (Wildman–Crippen MR) is 214 cm³/mol. The lowest BCUT2D eigenvalue weighted by Gasteiger charge is -2.35. The highest BCUT2D eigenvalue weighted by atomic mass is 32.2. The molecule has 2 aliphatic carbocycles. The molecule has 4 amide bonds. The van der Waals surface area contributed by atoms with Crippen LogP contribution in [0.4, 0.5) is 4.79 Å². The molecule has 3 aromatic rings. The second-order valence-corrected chi connectivity index (χ2v) is 18.2. The second kappa shape index (κ2) is 15.5. The fourth-order valence-electron chi connectivity index (χ4n) is 7.52. The van der Waals surface area contributed by atoms with Crippen molar-refractivity contribution in [2.75, 3.05) is 20.3 Å². The van der Waals surface area contributed by atoms with E-state index in [4.69, 9.17) is 19.2 Å². The molecule has 1 saturated heterocycles. The summed E-state index contributed by atoms with van der Waals surface area (Å²) in [5.41, 5.74) is 0.481. The number of sulfonamides is 1. The van der Waals surface area contributed by atoms with Crippen LogP contribution in [-0.2, 0) is 29.1 Å². The molecule has 2 aliphatic heterocycles. The van der Waals surface area contributed by atoms with Gasteiger partial charge in [-0.05, 0) is 43.6 Å². The van der Waals surface area contributed by atoms with Gasteiger partial charge in [0.2, 0.25) is 21.8 Å². The maximum Gasteiger partial charge on any atom is 0.407 e. The lowest BCUT2D eigenvalue weighted by molar-refractivity contribution is -0.142. The topological polar surface area (TPSA) is 182 Å². The highest BCUT2D eigenvalue weighted by Crippen LogP contribution is 2.46. The molecule has 0 unspecified atom stereocenters. The molecule has 0 spiro atoms. The number of benzene rings is 2. The summed E-state index contributed by atoms with van der Waals surface area (Å²) in [5, 5.41) is 5.60. The van der Waals surface area contributed by atoms with Crippen LogP contribution in [0.5, 0.6) is 11.5 Å². The molecule has 2 aromatic carbocycles. The Kier molecular flexibility index (Phi) is 10.8. The second-order valence-electron chi connectivity index (χ2n) is 16.3. The molecule has 3 N–H and O–H groups in total. The average molecular weight is 800 g/mol. The Bertz CT molecular complexity index is 2230. The number of nitrogens with one attached hydrogen (secondary N) is 3. The molecule has 3 heterocycles. The molecule has 3 fully saturated rings. The quantitative estimate of drug-likeness (QED) is 0.266. The largest absolute Gasteiger partial charge is 0.496 e. The number of carbonyl (C=O) groups excluding carboxylic acids is 4. The van der Waals surface area contributed by atoms with Gasteiger partial charge in [0.05, 0.1) is 36.7 Å². The summed E-state index contributed by atoms with van der Waals surface area (Å²) in [6, 6.07) is 12.9. The zero-order valence-corrected chi connectivity index (χ0v) is 33.4. The third kappa shape index (κ3) is 8.34. The van der Waals surface area contributed by atoms with Crippen LogP contribution in [0, 0.1) is 11.3 Å². The Morgan fingerprint density at radius 3 is 2.54 bits per heavy atom. The van der Waals surface area contributed by atoms with E-state index in [-0.39, 0.29) is 26.0 Å².